The van der Waals surface area contributed by atoms with Crippen LogP contribution in [0, 0.1) is 5.92 Å². The van der Waals surface area contributed by atoms with Gasteiger partial charge in [-0.1, -0.05) is 19.0 Å². The normalized spacial score (nSPS) is 16.0. The summed E-state index contributed by atoms with van der Waals surface area (Å²) in [7, 11) is 1.90. The van der Waals surface area contributed by atoms with Gasteiger partial charge in [-0.05, 0) is 13.0 Å². The van der Waals surface area contributed by atoms with Gasteiger partial charge in [0.2, 0.25) is 11.8 Å². The van der Waals surface area contributed by atoms with E-state index in [1.165, 1.54) is 0 Å². The van der Waals surface area contributed by atoms with Crippen molar-refractivity contribution in [2.75, 3.05) is 39.8 Å². The highest BCUT2D eigenvalue weighted by Gasteiger charge is 2.18. The Hall–Kier alpha value is -1.47. The number of carbonyl (C=O) groups excluding carboxylic acids is 1. The van der Waals surface area contributed by atoms with Crippen LogP contribution in [0.4, 0.5) is 0 Å². The molecule has 0 bridgehead atoms. The third kappa shape index (κ3) is 5.09. The first-order valence-corrected chi connectivity index (χ1v) is 7.53. The van der Waals surface area contributed by atoms with Crippen LogP contribution in [0.3, 0.4) is 0 Å². The maximum Gasteiger partial charge on any atom is 0.236 e. The molecule has 0 aliphatic carbocycles. The largest absolute Gasteiger partial charge is 0.339 e. The molecule has 118 valence electrons. The van der Waals surface area contributed by atoms with Crippen molar-refractivity contribution >= 4 is 5.91 Å². The van der Waals surface area contributed by atoms with E-state index in [2.05, 4.69) is 29.3 Å². The average molecular weight is 295 g/mol. The zero-order chi connectivity index (χ0) is 15.2. The molecule has 21 heavy (non-hydrogen) atoms. The molecule has 1 N–H and O–H groups in total. The smallest absolute Gasteiger partial charge is 0.236 e. The van der Waals surface area contributed by atoms with Gasteiger partial charge < -0.3 is 14.7 Å². The fourth-order valence-corrected chi connectivity index (χ4v) is 2.33. The summed E-state index contributed by atoms with van der Waals surface area (Å²) < 4.78 is 5.21. The van der Waals surface area contributed by atoms with Gasteiger partial charge in [-0.25, -0.2) is 0 Å². The fraction of sp³-hybridized carbons (Fsp3) is 0.786. The third-order valence-corrected chi connectivity index (χ3v) is 3.38. The standard InChI is InChI=1S/C14H25N5O2/c1-11(2)8-13-16-12(17-21-13)9-18(3)10-14(20)19-6-4-15-5-7-19/h11,15H,4-10H2,1-3H3. The van der Waals surface area contributed by atoms with Crippen LogP contribution < -0.4 is 5.32 Å². The summed E-state index contributed by atoms with van der Waals surface area (Å²) in [5.41, 5.74) is 0. The molecule has 1 aliphatic rings. The second-order valence-corrected chi connectivity index (χ2v) is 6.01. The molecule has 1 saturated heterocycles. The molecule has 0 radical (unpaired) electrons. The lowest BCUT2D eigenvalue weighted by atomic mass is 10.1. The minimum Gasteiger partial charge on any atom is -0.339 e. The Morgan fingerprint density at radius 1 is 1.43 bits per heavy atom. The number of hydrogen-bond acceptors (Lipinski definition) is 6. The zero-order valence-corrected chi connectivity index (χ0v) is 13.1. The molecule has 7 heteroatoms. The first-order valence-electron chi connectivity index (χ1n) is 7.53. The monoisotopic (exact) mass is 295 g/mol. The summed E-state index contributed by atoms with van der Waals surface area (Å²) in [6, 6.07) is 0. The first kappa shape index (κ1) is 15.9. The molecule has 1 aromatic rings. The number of nitrogens with zero attached hydrogens (tertiary/aromatic N) is 4. The molecule has 0 aromatic carbocycles. The van der Waals surface area contributed by atoms with Gasteiger partial charge >= 0.3 is 0 Å². The van der Waals surface area contributed by atoms with Gasteiger partial charge in [0.05, 0.1) is 13.1 Å². The van der Waals surface area contributed by atoms with Crippen LogP contribution in [0.25, 0.3) is 0 Å². The highest BCUT2D eigenvalue weighted by Crippen LogP contribution is 2.07. The molecule has 0 unspecified atom stereocenters. The summed E-state index contributed by atoms with van der Waals surface area (Å²) >= 11 is 0. The highest BCUT2D eigenvalue weighted by atomic mass is 16.5. The number of amides is 1. The van der Waals surface area contributed by atoms with Crippen LogP contribution >= 0.6 is 0 Å². The van der Waals surface area contributed by atoms with Crippen molar-refractivity contribution < 1.29 is 9.32 Å². The second kappa shape index (κ2) is 7.51. The molecule has 1 aliphatic heterocycles. The summed E-state index contributed by atoms with van der Waals surface area (Å²) in [6.45, 7) is 8.45. The van der Waals surface area contributed by atoms with Gasteiger partial charge in [-0.3, -0.25) is 9.69 Å². The van der Waals surface area contributed by atoms with Crippen molar-refractivity contribution in [1.82, 2.24) is 25.3 Å². The van der Waals surface area contributed by atoms with Crippen LogP contribution in [0.2, 0.25) is 0 Å². The number of hydrogen-bond donors (Lipinski definition) is 1. The van der Waals surface area contributed by atoms with E-state index in [1.54, 1.807) is 0 Å². The van der Waals surface area contributed by atoms with E-state index in [-0.39, 0.29) is 5.91 Å². The molecule has 1 amide bonds. The maximum absolute atomic E-state index is 12.1. The number of nitrogens with one attached hydrogen (secondary N) is 1. The Balaban J connectivity index is 1.79. The summed E-state index contributed by atoms with van der Waals surface area (Å²) in [5.74, 6) is 1.96. The van der Waals surface area contributed by atoms with Crippen LogP contribution in [0.1, 0.15) is 25.6 Å². The molecular formula is C14H25N5O2. The lowest BCUT2D eigenvalue weighted by Gasteiger charge is -2.29. The number of piperazine rings is 1. The molecule has 2 rings (SSSR count). The second-order valence-electron chi connectivity index (χ2n) is 6.01. The zero-order valence-electron chi connectivity index (χ0n) is 13.1. The van der Waals surface area contributed by atoms with E-state index in [9.17, 15) is 4.79 Å². The van der Waals surface area contributed by atoms with Gasteiger partial charge in [0, 0.05) is 32.6 Å². The third-order valence-electron chi connectivity index (χ3n) is 3.38. The van der Waals surface area contributed by atoms with Gasteiger partial charge in [0.25, 0.3) is 0 Å². The summed E-state index contributed by atoms with van der Waals surface area (Å²) in [6.07, 6.45) is 0.788. The lowest BCUT2D eigenvalue weighted by molar-refractivity contribution is -0.132. The molecule has 7 nitrogen and oxygen atoms in total. The Kier molecular flexibility index (Phi) is 5.69. The number of carbonyl (C=O) groups is 1. The minimum atomic E-state index is 0.157. The van der Waals surface area contributed by atoms with Crippen molar-refractivity contribution in [2.24, 2.45) is 5.92 Å². The van der Waals surface area contributed by atoms with E-state index in [0.717, 1.165) is 32.6 Å². The van der Waals surface area contributed by atoms with Gasteiger partial charge in [-0.2, -0.15) is 4.98 Å². The van der Waals surface area contributed by atoms with Crippen molar-refractivity contribution in [3.8, 4) is 0 Å². The molecule has 0 spiro atoms. The van der Waals surface area contributed by atoms with Crippen molar-refractivity contribution in [3.63, 3.8) is 0 Å². The Morgan fingerprint density at radius 3 is 2.81 bits per heavy atom. The van der Waals surface area contributed by atoms with Crippen molar-refractivity contribution in [2.45, 2.75) is 26.8 Å². The summed E-state index contributed by atoms with van der Waals surface area (Å²) in [4.78, 5) is 20.3. The Morgan fingerprint density at radius 2 is 2.14 bits per heavy atom. The maximum atomic E-state index is 12.1. The van der Waals surface area contributed by atoms with Crippen molar-refractivity contribution in [1.29, 1.82) is 0 Å². The number of rotatable bonds is 6. The van der Waals surface area contributed by atoms with Crippen molar-refractivity contribution in [3.05, 3.63) is 11.7 Å². The van der Waals surface area contributed by atoms with Crippen LogP contribution in [-0.2, 0) is 17.8 Å². The number of likely N-dealkylation sites (N-methyl/N-ethyl adjacent to an activating group) is 1. The van der Waals surface area contributed by atoms with Gasteiger partial charge in [-0.15, -0.1) is 0 Å². The molecule has 1 fully saturated rings. The van der Waals surface area contributed by atoms with E-state index in [4.69, 9.17) is 4.52 Å². The Bertz CT molecular complexity index is 454. The predicted molar refractivity (Wildman–Crippen MR) is 78.6 cm³/mol. The van der Waals surface area contributed by atoms with Gasteiger partial charge in [0.15, 0.2) is 5.82 Å². The van der Waals surface area contributed by atoms with E-state index in [1.807, 2.05) is 16.8 Å². The first-order chi connectivity index (χ1) is 10.0. The Labute approximate surface area is 125 Å². The lowest BCUT2D eigenvalue weighted by Crippen LogP contribution is -2.49. The highest BCUT2D eigenvalue weighted by molar-refractivity contribution is 5.78. The average Bonchev–Trinajstić information content (AvgIpc) is 2.85. The van der Waals surface area contributed by atoms with E-state index >= 15 is 0 Å². The molecule has 2 heterocycles. The fourth-order valence-electron chi connectivity index (χ4n) is 2.33. The quantitative estimate of drug-likeness (QED) is 0.804. The van der Waals surface area contributed by atoms with E-state index in [0.29, 0.717) is 30.7 Å². The molecule has 0 atom stereocenters. The van der Waals surface area contributed by atoms with Crippen LogP contribution in [0.15, 0.2) is 4.52 Å². The molecular weight excluding hydrogens is 270 g/mol. The van der Waals surface area contributed by atoms with Gasteiger partial charge in [0.1, 0.15) is 0 Å². The topological polar surface area (TPSA) is 74.5 Å². The van der Waals surface area contributed by atoms with Crippen LogP contribution in [0.5, 0.6) is 0 Å². The SMILES string of the molecule is CC(C)Cc1nc(CN(C)CC(=O)N2CCNCC2)no1. The molecule has 1 aromatic heterocycles. The van der Waals surface area contributed by atoms with E-state index < -0.39 is 0 Å². The number of aromatic nitrogens is 2. The summed E-state index contributed by atoms with van der Waals surface area (Å²) in [5, 5.41) is 7.21. The van der Waals surface area contributed by atoms with Crippen LogP contribution in [-0.4, -0.2) is 65.6 Å². The predicted octanol–water partition coefficient (Wildman–Crippen LogP) is 0.132. The molecule has 0 saturated carbocycles. The minimum absolute atomic E-state index is 0.157.